The predicted octanol–water partition coefficient (Wildman–Crippen LogP) is 0.912. The van der Waals surface area contributed by atoms with Gasteiger partial charge in [0.25, 0.3) is 5.69 Å². The standard InChI is InChI=1S/C10H10ClN3O5/c11-6-2-1-3-8(14(18)19)5(6)4-7(9(15)16)13-10(12)17/h1-3,7H,4H2,(H,15,16)(H3,12,13,17). The second-order valence-electron chi connectivity index (χ2n) is 3.60. The molecule has 8 nitrogen and oxygen atoms in total. The number of benzene rings is 1. The Labute approximate surface area is 112 Å². The van der Waals surface area contributed by atoms with Crippen LogP contribution in [0.5, 0.6) is 0 Å². The molecule has 2 amide bonds. The van der Waals surface area contributed by atoms with Crippen LogP contribution in [0, 0.1) is 10.1 Å². The molecule has 1 unspecified atom stereocenters. The number of hydrogen-bond donors (Lipinski definition) is 3. The van der Waals surface area contributed by atoms with Crippen LogP contribution in [-0.4, -0.2) is 28.1 Å². The molecule has 0 heterocycles. The fourth-order valence-corrected chi connectivity index (χ4v) is 1.74. The highest BCUT2D eigenvalue weighted by molar-refractivity contribution is 6.31. The number of nitrogens with two attached hydrogens (primary N) is 1. The Hall–Kier alpha value is -2.35. The number of carbonyl (C=O) groups excluding carboxylic acids is 1. The van der Waals surface area contributed by atoms with Gasteiger partial charge in [0, 0.05) is 12.5 Å². The number of hydrogen-bond acceptors (Lipinski definition) is 4. The van der Waals surface area contributed by atoms with Gasteiger partial charge in [-0.1, -0.05) is 17.7 Å². The highest BCUT2D eigenvalue weighted by Gasteiger charge is 2.25. The number of nitro groups is 1. The van der Waals surface area contributed by atoms with E-state index in [1.807, 2.05) is 5.32 Å². The Morgan fingerprint density at radius 1 is 1.53 bits per heavy atom. The molecule has 0 saturated heterocycles. The van der Waals surface area contributed by atoms with E-state index in [1.54, 1.807) is 0 Å². The third-order valence-corrected chi connectivity index (χ3v) is 2.67. The lowest BCUT2D eigenvalue weighted by atomic mass is 10.0. The molecular weight excluding hydrogens is 278 g/mol. The van der Waals surface area contributed by atoms with Crippen LogP contribution in [0.3, 0.4) is 0 Å². The highest BCUT2D eigenvalue weighted by Crippen LogP contribution is 2.27. The lowest BCUT2D eigenvalue weighted by Gasteiger charge is -2.13. The minimum Gasteiger partial charge on any atom is -0.480 e. The van der Waals surface area contributed by atoms with Crippen LogP contribution >= 0.6 is 11.6 Å². The summed E-state index contributed by atoms with van der Waals surface area (Å²) >= 11 is 5.82. The van der Waals surface area contributed by atoms with Gasteiger partial charge in [0.2, 0.25) is 0 Å². The van der Waals surface area contributed by atoms with Gasteiger partial charge < -0.3 is 16.2 Å². The van der Waals surface area contributed by atoms with E-state index in [2.05, 4.69) is 0 Å². The van der Waals surface area contributed by atoms with Crippen molar-refractivity contribution in [2.75, 3.05) is 0 Å². The molecule has 1 aromatic carbocycles. The molecule has 0 fully saturated rings. The molecule has 0 spiro atoms. The molecule has 1 aromatic rings. The van der Waals surface area contributed by atoms with Crippen LogP contribution in [-0.2, 0) is 11.2 Å². The number of halogens is 1. The van der Waals surface area contributed by atoms with Crippen molar-refractivity contribution < 1.29 is 19.6 Å². The average molecular weight is 288 g/mol. The number of nitrogens with zero attached hydrogens (tertiary/aromatic N) is 1. The van der Waals surface area contributed by atoms with Crippen molar-refractivity contribution >= 4 is 29.3 Å². The van der Waals surface area contributed by atoms with Crippen LogP contribution in [0.4, 0.5) is 10.5 Å². The molecule has 0 radical (unpaired) electrons. The Bertz CT molecular complexity index is 534. The molecule has 102 valence electrons. The third kappa shape index (κ3) is 3.81. The molecule has 0 saturated carbocycles. The first-order chi connectivity index (χ1) is 8.82. The third-order valence-electron chi connectivity index (χ3n) is 2.31. The van der Waals surface area contributed by atoms with Gasteiger partial charge in [-0.25, -0.2) is 9.59 Å². The van der Waals surface area contributed by atoms with Gasteiger partial charge in [-0.05, 0) is 6.07 Å². The number of amides is 2. The van der Waals surface area contributed by atoms with E-state index in [4.69, 9.17) is 22.4 Å². The Balaban J connectivity index is 3.11. The van der Waals surface area contributed by atoms with Crippen LogP contribution in [0.2, 0.25) is 5.02 Å². The van der Waals surface area contributed by atoms with E-state index in [-0.39, 0.29) is 22.7 Å². The lowest BCUT2D eigenvalue weighted by molar-refractivity contribution is -0.385. The van der Waals surface area contributed by atoms with Gasteiger partial charge in [-0.15, -0.1) is 0 Å². The zero-order chi connectivity index (χ0) is 14.6. The summed E-state index contributed by atoms with van der Waals surface area (Å²) < 4.78 is 0. The molecule has 4 N–H and O–H groups in total. The molecule has 19 heavy (non-hydrogen) atoms. The maximum atomic E-state index is 10.9. The van der Waals surface area contributed by atoms with E-state index >= 15 is 0 Å². The maximum Gasteiger partial charge on any atom is 0.326 e. The lowest BCUT2D eigenvalue weighted by Crippen LogP contribution is -2.45. The highest BCUT2D eigenvalue weighted by atomic mass is 35.5. The van der Waals surface area contributed by atoms with Crippen molar-refractivity contribution in [1.29, 1.82) is 0 Å². The van der Waals surface area contributed by atoms with Gasteiger partial charge in [0.05, 0.1) is 15.5 Å². The summed E-state index contributed by atoms with van der Waals surface area (Å²) in [6, 6.07) is 1.54. The van der Waals surface area contributed by atoms with Crippen molar-refractivity contribution in [3.8, 4) is 0 Å². The maximum absolute atomic E-state index is 10.9. The molecule has 0 aromatic heterocycles. The van der Waals surface area contributed by atoms with Gasteiger partial charge in [-0.2, -0.15) is 0 Å². The summed E-state index contributed by atoms with van der Waals surface area (Å²) in [6.07, 6.45) is -0.339. The van der Waals surface area contributed by atoms with Crippen molar-refractivity contribution in [2.24, 2.45) is 5.73 Å². The first-order valence-electron chi connectivity index (χ1n) is 5.03. The normalized spacial score (nSPS) is 11.6. The molecule has 0 aliphatic heterocycles. The number of nitro benzene ring substituents is 1. The molecule has 1 atom stereocenters. The minimum atomic E-state index is -1.39. The predicted molar refractivity (Wildman–Crippen MR) is 66.0 cm³/mol. The number of urea groups is 1. The second-order valence-corrected chi connectivity index (χ2v) is 4.01. The number of nitrogens with one attached hydrogen (secondary N) is 1. The van der Waals surface area contributed by atoms with Gasteiger partial charge in [-0.3, -0.25) is 10.1 Å². The zero-order valence-electron chi connectivity index (χ0n) is 9.50. The SMILES string of the molecule is NC(=O)NC(Cc1c(Cl)cccc1[N+](=O)[O-])C(=O)O. The number of carboxylic acid groups (broad SMARTS) is 1. The number of rotatable bonds is 5. The van der Waals surface area contributed by atoms with Crippen molar-refractivity contribution in [3.05, 3.63) is 38.9 Å². The molecule has 0 aliphatic carbocycles. The minimum absolute atomic E-state index is 0.0234. The van der Waals surface area contributed by atoms with E-state index in [0.29, 0.717) is 0 Å². The molecule has 1 rings (SSSR count). The summed E-state index contributed by atoms with van der Waals surface area (Å²) in [5, 5.41) is 21.8. The summed E-state index contributed by atoms with van der Waals surface area (Å²) in [5.74, 6) is -1.37. The summed E-state index contributed by atoms with van der Waals surface area (Å²) in [7, 11) is 0. The van der Waals surface area contributed by atoms with Crippen molar-refractivity contribution in [1.82, 2.24) is 5.32 Å². The molecule has 9 heteroatoms. The number of primary amides is 1. The topological polar surface area (TPSA) is 136 Å². The Morgan fingerprint density at radius 3 is 2.63 bits per heavy atom. The molecule has 0 aliphatic rings. The largest absolute Gasteiger partial charge is 0.480 e. The van der Waals surface area contributed by atoms with Gasteiger partial charge in [0.1, 0.15) is 6.04 Å². The first-order valence-corrected chi connectivity index (χ1v) is 5.41. The number of aliphatic carboxylic acids is 1. The van der Waals surface area contributed by atoms with E-state index < -0.39 is 23.0 Å². The van der Waals surface area contributed by atoms with Crippen LogP contribution in [0.25, 0.3) is 0 Å². The summed E-state index contributed by atoms with van der Waals surface area (Å²) in [6.45, 7) is 0. The summed E-state index contributed by atoms with van der Waals surface area (Å²) in [5.41, 5.74) is 4.55. The van der Waals surface area contributed by atoms with Crippen LogP contribution in [0.1, 0.15) is 5.56 Å². The van der Waals surface area contributed by atoms with E-state index in [0.717, 1.165) is 0 Å². The van der Waals surface area contributed by atoms with Crippen molar-refractivity contribution in [3.63, 3.8) is 0 Å². The fourth-order valence-electron chi connectivity index (χ4n) is 1.50. The van der Waals surface area contributed by atoms with Gasteiger partial charge >= 0.3 is 12.0 Å². The summed E-state index contributed by atoms with van der Waals surface area (Å²) in [4.78, 5) is 31.8. The Morgan fingerprint density at radius 2 is 2.16 bits per heavy atom. The first kappa shape index (κ1) is 14.7. The fraction of sp³-hybridized carbons (Fsp3) is 0.200. The smallest absolute Gasteiger partial charge is 0.326 e. The zero-order valence-corrected chi connectivity index (χ0v) is 10.3. The number of carboxylic acids is 1. The molecule has 0 bridgehead atoms. The average Bonchev–Trinajstić information content (AvgIpc) is 2.29. The van der Waals surface area contributed by atoms with E-state index in [9.17, 15) is 19.7 Å². The second kappa shape index (κ2) is 6.01. The monoisotopic (exact) mass is 287 g/mol. The van der Waals surface area contributed by atoms with Crippen molar-refractivity contribution in [2.45, 2.75) is 12.5 Å². The van der Waals surface area contributed by atoms with Crippen LogP contribution in [0.15, 0.2) is 18.2 Å². The van der Waals surface area contributed by atoms with Crippen LogP contribution < -0.4 is 11.1 Å². The quantitative estimate of drug-likeness (QED) is 0.546. The number of carbonyl (C=O) groups is 2. The molecular formula is C10H10ClN3O5. The van der Waals surface area contributed by atoms with E-state index in [1.165, 1.54) is 18.2 Å². The van der Waals surface area contributed by atoms with Gasteiger partial charge in [0.15, 0.2) is 0 Å². The Kier molecular flexibility index (Phi) is 4.65.